The molecule has 0 bridgehead atoms. The van der Waals surface area contributed by atoms with E-state index < -0.39 is 35.6 Å². The molecule has 2 aromatic rings. The molecule has 4 heterocycles. The average molecular weight is 503 g/mol. The van der Waals surface area contributed by atoms with Crippen LogP contribution in [0.2, 0.25) is 0 Å². The van der Waals surface area contributed by atoms with E-state index >= 15 is 0 Å². The lowest BCUT2D eigenvalue weighted by atomic mass is 9.77. The number of ether oxygens (including phenoxy) is 2. The number of amides is 2. The smallest absolute Gasteiger partial charge is 0.312 e. The van der Waals surface area contributed by atoms with Crippen molar-refractivity contribution in [2.24, 2.45) is 11.8 Å². The number of benzene rings is 2. The fourth-order valence-electron chi connectivity index (χ4n) is 6.32. The first kappa shape index (κ1) is 23.9. The van der Waals surface area contributed by atoms with Crippen LogP contribution in [0.5, 0.6) is 0 Å². The number of esters is 1. The van der Waals surface area contributed by atoms with Gasteiger partial charge in [0.05, 0.1) is 18.6 Å². The number of anilines is 1. The Morgan fingerprint density at radius 2 is 1.84 bits per heavy atom. The van der Waals surface area contributed by atoms with E-state index in [4.69, 9.17) is 9.47 Å². The van der Waals surface area contributed by atoms with Gasteiger partial charge in [0.2, 0.25) is 5.91 Å². The lowest BCUT2D eigenvalue weighted by molar-refractivity contribution is -0.154. The van der Waals surface area contributed by atoms with Crippen molar-refractivity contribution in [3.8, 4) is 0 Å². The van der Waals surface area contributed by atoms with E-state index in [1.807, 2.05) is 66.8 Å². The summed E-state index contributed by atoms with van der Waals surface area (Å²) in [7, 11) is 0. The Labute approximate surface area is 215 Å². The fourth-order valence-corrected chi connectivity index (χ4v) is 6.32. The number of nitrogens with zero attached hydrogens (tertiary/aromatic N) is 2. The summed E-state index contributed by atoms with van der Waals surface area (Å²) in [4.78, 5) is 44.7. The number of likely N-dealkylation sites (tertiary alicyclic amines) is 1. The molecule has 4 aliphatic rings. The first-order chi connectivity index (χ1) is 18.0. The van der Waals surface area contributed by atoms with Crippen molar-refractivity contribution in [3.05, 3.63) is 66.8 Å². The SMILES string of the molecule is O=C1OCCC=C[C@@H]2O[C@]34C=CCN(c5ccc6ccccc6c5)C(=O)C3N(CCCCO)C(=O)[C@@H]4[C@H]12. The average Bonchev–Trinajstić information content (AvgIpc) is 3.27. The Morgan fingerprint density at radius 3 is 2.68 bits per heavy atom. The van der Waals surface area contributed by atoms with Crippen LogP contribution in [-0.2, 0) is 23.9 Å². The first-order valence-corrected chi connectivity index (χ1v) is 13.0. The van der Waals surface area contributed by atoms with Crippen molar-refractivity contribution in [2.75, 3.05) is 31.2 Å². The van der Waals surface area contributed by atoms with E-state index in [9.17, 15) is 19.5 Å². The van der Waals surface area contributed by atoms with Crippen LogP contribution in [0.4, 0.5) is 5.69 Å². The molecule has 0 saturated carbocycles. The van der Waals surface area contributed by atoms with E-state index in [1.165, 1.54) is 0 Å². The van der Waals surface area contributed by atoms with Crippen LogP contribution in [0.1, 0.15) is 19.3 Å². The zero-order valence-corrected chi connectivity index (χ0v) is 20.5. The molecule has 1 spiro atoms. The van der Waals surface area contributed by atoms with E-state index in [-0.39, 0.29) is 25.0 Å². The van der Waals surface area contributed by atoms with Crippen LogP contribution < -0.4 is 4.90 Å². The number of rotatable bonds is 5. The van der Waals surface area contributed by atoms with Crippen LogP contribution in [0.3, 0.4) is 0 Å². The van der Waals surface area contributed by atoms with Crippen molar-refractivity contribution in [2.45, 2.75) is 37.0 Å². The third-order valence-corrected chi connectivity index (χ3v) is 7.97. The molecule has 4 aliphatic heterocycles. The second-order valence-corrected chi connectivity index (χ2v) is 10.1. The number of carbonyl (C=O) groups excluding carboxylic acids is 3. The van der Waals surface area contributed by atoms with Crippen LogP contribution in [0.25, 0.3) is 10.8 Å². The van der Waals surface area contributed by atoms with Gasteiger partial charge in [0.1, 0.15) is 17.6 Å². The van der Waals surface area contributed by atoms with Crippen molar-refractivity contribution in [1.82, 2.24) is 4.90 Å². The number of carbonyl (C=O) groups is 3. The molecule has 0 aromatic heterocycles. The predicted octanol–water partition coefficient (Wildman–Crippen LogP) is 2.60. The van der Waals surface area contributed by atoms with Gasteiger partial charge in [-0.05, 0) is 42.2 Å². The Balaban J connectivity index is 1.43. The minimum absolute atomic E-state index is 0.00332. The number of cyclic esters (lactones) is 1. The van der Waals surface area contributed by atoms with Crippen molar-refractivity contribution < 1.29 is 29.0 Å². The van der Waals surface area contributed by atoms with Crippen molar-refractivity contribution in [1.29, 1.82) is 0 Å². The molecule has 1 unspecified atom stereocenters. The highest BCUT2D eigenvalue weighted by atomic mass is 16.6. The molecule has 0 radical (unpaired) electrons. The van der Waals surface area contributed by atoms with Crippen LogP contribution >= 0.6 is 0 Å². The highest BCUT2D eigenvalue weighted by Gasteiger charge is 2.71. The lowest BCUT2D eigenvalue weighted by Crippen LogP contribution is -2.55. The van der Waals surface area contributed by atoms with Gasteiger partial charge >= 0.3 is 5.97 Å². The fraction of sp³-hybridized carbons (Fsp3) is 0.414. The van der Waals surface area contributed by atoms with E-state index in [0.29, 0.717) is 32.4 Å². The standard InChI is InChI=1S/C29H30N2O6/c32-16-5-4-14-31-25-27(34)30(21-12-11-19-8-1-2-9-20(19)18-21)15-7-13-29(25)24(26(31)33)23-22(37-29)10-3-6-17-36-28(23)35/h1-3,7-13,18,22-25,32H,4-6,14-17H2/t22-,23+,24-,25?,29-/m0/s1. The maximum absolute atomic E-state index is 14.3. The molecular formula is C29H30N2O6. The Morgan fingerprint density at radius 1 is 1.00 bits per heavy atom. The summed E-state index contributed by atoms with van der Waals surface area (Å²) in [5.41, 5.74) is -0.540. The van der Waals surface area contributed by atoms with E-state index in [1.54, 1.807) is 9.80 Å². The summed E-state index contributed by atoms with van der Waals surface area (Å²) in [6.07, 6.45) is 8.42. The number of aliphatic hydroxyl groups is 1. The Kier molecular flexibility index (Phi) is 6.09. The maximum Gasteiger partial charge on any atom is 0.312 e. The summed E-state index contributed by atoms with van der Waals surface area (Å²) in [5.74, 6) is -2.66. The minimum Gasteiger partial charge on any atom is -0.465 e. The summed E-state index contributed by atoms with van der Waals surface area (Å²) < 4.78 is 12.0. The summed E-state index contributed by atoms with van der Waals surface area (Å²) in [5, 5.41) is 11.4. The first-order valence-electron chi connectivity index (χ1n) is 13.0. The zero-order valence-electron chi connectivity index (χ0n) is 20.5. The molecule has 2 aromatic carbocycles. The van der Waals surface area contributed by atoms with Gasteiger partial charge in [-0.15, -0.1) is 0 Å². The Hall–Kier alpha value is -3.49. The van der Waals surface area contributed by atoms with E-state index in [0.717, 1.165) is 16.5 Å². The molecule has 192 valence electrons. The van der Waals surface area contributed by atoms with Gasteiger partial charge in [0.25, 0.3) is 5.91 Å². The normalized spacial score (nSPS) is 31.0. The summed E-state index contributed by atoms with van der Waals surface area (Å²) in [6.45, 7) is 0.857. The zero-order chi connectivity index (χ0) is 25.6. The summed E-state index contributed by atoms with van der Waals surface area (Å²) >= 11 is 0. The third kappa shape index (κ3) is 3.78. The lowest BCUT2D eigenvalue weighted by Gasteiger charge is -2.35. The van der Waals surface area contributed by atoms with Crippen molar-refractivity contribution in [3.63, 3.8) is 0 Å². The largest absolute Gasteiger partial charge is 0.465 e. The van der Waals surface area contributed by atoms with Gasteiger partial charge in [-0.2, -0.15) is 0 Å². The van der Waals surface area contributed by atoms with Gasteiger partial charge in [0.15, 0.2) is 0 Å². The maximum atomic E-state index is 14.3. The van der Waals surface area contributed by atoms with Gasteiger partial charge in [-0.1, -0.05) is 54.6 Å². The molecule has 0 aliphatic carbocycles. The van der Waals surface area contributed by atoms with Crippen LogP contribution in [0.15, 0.2) is 66.8 Å². The van der Waals surface area contributed by atoms with Crippen LogP contribution in [-0.4, -0.2) is 71.8 Å². The number of fused-ring (bicyclic) bond motifs is 3. The van der Waals surface area contributed by atoms with Gasteiger partial charge in [-0.25, -0.2) is 0 Å². The van der Waals surface area contributed by atoms with Crippen molar-refractivity contribution >= 4 is 34.2 Å². The molecule has 8 heteroatoms. The molecule has 8 nitrogen and oxygen atoms in total. The van der Waals surface area contributed by atoms with Gasteiger partial charge in [0, 0.05) is 25.4 Å². The molecular weight excluding hydrogens is 472 g/mol. The minimum atomic E-state index is -1.28. The second-order valence-electron chi connectivity index (χ2n) is 10.1. The number of unbranched alkanes of at least 4 members (excludes halogenated alkanes) is 1. The number of hydrogen-bond donors (Lipinski definition) is 1. The predicted molar refractivity (Wildman–Crippen MR) is 137 cm³/mol. The van der Waals surface area contributed by atoms with E-state index in [2.05, 4.69) is 0 Å². The quantitative estimate of drug-likeness (QED) is 0.384. The topological polar surface area (TPSA) is 96.4 Å². The van der Waals surface area contributed by atoms with Gasteiger partial charge < -0.3 is 24.4 Å². The van der Waals surface area contributed by atoms with Gasteiger partial charge in [-0.3, -0.25) is 14.4 Å². The monoisotopic (exact) mass is 502 g/mol. The summed E-state index contributed by atoms with van der Waals surface area (Å²) in [6, 6.07) is 12.9. The van der Waals surface area contributed by atoms with Crippen LogP contribution in [0, 0.1) is 11.8 Å². The molecule has 2 amide bonds. The second kappa shape index (κ2) is 9.43. The molecule has 5 atom stereocenters. The Bertz CT molecular complexity index is 1300. The number of aliphatic hydroxyl groups excluding tert-OH is 1. The number of hydrogen-bond acceptors (Lipinski definition) is 6. The molecule has 6 rings (SSSR count). The molecule has 2 saturated heterocycles. The molecule has 1 N–H and O–H groups in total. The highest BCUT2D eigenvalue weighted by Crippen LogP contribution is 2.53. The third-order valence-electron chi connectivity index (χ3n) is 7.97. The molecule has 37 heavy (non-hydrogen) atoms. The molecule has 2 fully saturated rings. The highest BCUT2D eigenvalue weighted by molar-refractivity contribution is 6.06.